The molecule has 0 bridgehead atoms. The van der Waals surface area contributed by atoms with Crippen LogP contribution in [0, 0.1) is 0 Å². The van der Waals surface area contributed by atoms with Crippen molar-refractivity contribution < 1.29 is 13.9 Å². The van der Waals surface area contributed by atoms with Gasteiger partial charge >= 0.3 is 0 Å². The van der Waals surface area contributed by atoms with Gasteiger partial charge in [-0.05, 0) is 31.4 Å². The van der Waals surface area contributed by atoms with E-state index in [1.807, 2.05) is 30.3 Å². The van der Waals surface area contributed by atoms with Crippen LogP contribution in [-0.4, -0.2) is 35.4 Å². The molecule has 3 rings (SSSR count). The first-order chi connectivity index (χ1) is 11.3. The van der Waals surface area contributed by atoms with E-state index in [9.17, 15) is 4.79 Å². The molecule has 1 aromatic heterocycles. The Kier molecular flexibility index (Phi) is 5.37. The van der Waals surface area contributed by atoms with Crippen LogP contribution in [0.4, 0.5) is 0 Å². The van der Waals surface area contributed by atoms with Gasteiger partial charge in [0.1, 0.15) is 0 Å². The summed E-state index contributed by atoms with van der Waals surface area (Å²) in [5.74, 6) is 1.13. The predicted octanol–water partition coefficient (Wildman–Crippen LogP) is 2.35. The number of aromatic nitrogens is 2. The van der Waals surface area contributed by atoms with E-state index in [0.29, 0.717) is 37.6 Å². The van der Waals surface area contributed by atoms with Crippen LogP contribution in [0.1, 0.15) is 31.6 Å². The molecule has 1 atom stereocenters. The third-order valence-electron chi connectivity index (χ3n) is 3.83. The van der Waals surface area contributed by atoms with Crippen LogP contribution in [0.25, 0.3) is 11.5 Å². The summed E-state index contributed by atoms with van der Waals surface area (Å²) >= 11 is 0. The van der Waals surface area contributed by atoms with Gasteiger partial charge in [0.15, 0.2) is 0 Å². The number of hydrogen-bond donors (Lipinski definition) is 1. The number of carbonyl (C=O) groups is 1. The number of rotatable bonds is 7. The van der Waals surface area contributed by atoms with Crippen molar-refractivity contribution in [3.8, 4) is 11.5 Å². The first-order valence-electron chi connectivity index (χ1n) is 8.07. The number of aryl methyl sites for hydroxylation is 1. The molecule has 2 heterocycles. The Labute approximate surface area is 135 Å². The fraction of sp³-hybridized carbons (Fsp3) is 0.471. The number of nitrogens with one attached hydrogen (secondary N) is 1. The normalized spacial score (nSPS) is 17.3. The molecule has 0 saturated carbocycles. The molecular formula is C17H21N3O3. The highest BCUT2D eigenvalue weighted by Crippen LogP contribution is 2.17. The van der Waals surface area contributed by atoms with Crippen molar-refractivity contribution in [3.63, 3.8) is 0 Å². The van der Waals surface area contributed by atoms with E-state index in [0.717, 1.165) is 25.0 Å². The van der Waals surface area contributed by atoms with Gasteiger partial charge in [0.25, 0.3) is 0 Å². The van der Waals surface area contributed by atoms with Crippen molar-refractivity contribution in [2.24, 2.45) is 0 Å². The van der Waals surface area contributed by atoms with Crippen molar-refractivity contribution in [2.75, 3.05) is 13.2 Å². The molecule has 1 amide bonds. The summed E-state index contributed by atoms with van der Waals surface area (Å²) in [6.07, 6.45) is 4.05. The fourth-order valence-corrected chi connectivity index (χ4v) is 2.57. The summed E-state index contributed by atoms with van der Waals surface area (Å²) in [6, 6.07) is 9.65. The highest BCUT2D eigenvalue weighted by molar-refractivity contribution is 5.75. The van der Waals surface area contributed by atoms with Gasteiger partial charge in [-0.15, -0.1) is 10.2 Å². The molecular weight excluding hydrogens is 294 g/mol. The Balaban J connectivity index is 1.39. The second-order valence-electron chi connectivity index (χ2n) is 5.66. The lowest BCUT2D eigenvalue weighted by Crippen LogP contribution is -2.31. The van der Waals surface area contributed by atoms with Crippen molar-refractivity contribution in [1.82, 2.24) is 15.5 Å². The first-order valence-corrected chi connectivity index (χ1v) is 8.07. The molecule has 1 unspecified atom stereocenters. The maximum atomic E-state index is 11.8. The van der Waals surface area contributed by atoms with Crippen molar-refractivity contribution in [1.29, 1.82) is 0 Å². The van der Waals surface area contributed by atoms with Crippen LogP contribution in [0.5, 0.6) is 0 Å². The van der Waals surface area contributed by atoms with E-state index in [4.69, 9.17) is 9.15 Å². The molecule has 1 N–H and O–H groups in total. The number of amides is 1. The average Bonchev–Trinajstić information content (AvgIpc) is 3.26. The molecule has 122 valence electrons. The Bertz CT molecular complexity index is 621. The van der Waals surface area contributed by atoms with E-state index >= 15 is 0 Å². The molecule has 1 fully saturated rings. The molecule has 6 heteroatoms. The number of ether oxygens (including phenoxy) is 1. The third kappa shape index (κ3) is 4.63. The molecule has 1 aromatic carbocycles. The lowest BCUT2D eigenvalue weighted by Gasteiger charge is -2.10. The highest BCUT2D eigenvalue weighted by atomic mass is 16.5. The summed E-state index contributed by atoms with van der Waals surface area (Å²) in [5.41, 5.74) is 0.903. The maximum Gasteiger partial charge on any atom is 0.247 e. The Morgan fingerprint density at radius 1 is 1.26 bits per heavy atom. The molecule has 1 saturated heterocycles. The zero-order chi connectivity index (χ0) is 15.9. The zero-order valence-electron chi connectivity index (χ0n) is 13.0. The van der Waals surface area contributed by atoms with Gasteiger partial charge in [0.05, 0.1) is 6.10 Å². The Morgan fingerprint density at radius 3 is 2.91 bits per heavy atom. The van der Waals surface area contributed by atoms with Crippen LogP contribution < -0.4 is 5.32 Å². The van der Waals surface area contributed by atoms with Gasteiger partial charge in [0, 0.05) is 31.6 Å². The summed E-state index contributed by atoms with van der Waals surface area (Å²) in [7, 11) is 0. The monoisotopic (exact) mass is 315 g/mol. The molecule has 1 aliphatic heterocycles. The maximum absolute atomic E-state index is 11.8. The lowest BCUT2D eigenvalue weighted by atomic mass is 10.2. The molecule has 1 aliphatic rings. The van der Waals surface area contributed by atoms with Gasteiger partial charge in [-0.3, -0.25) is 4.79 Å². The third-order valence-corrected chi connectivity index (χ3v) is 3.83. The largest absolute Gasteiger partial charge is 0.421 e. The average molecular weight is 315 g/mol. The van der Waals surface area contributed by atoms with Gasteiger partial charge in [-0.2, -0.15) is 0 Å². The smallest absolute Gasteiger partial charge is 0.247 e. The molecule has 23 heavy (non-hydrogen) atoms. The minimum Gasteiger partial charge on any atom is -0.421 e. The SMILES string of the molecule is O=C(CCCc1nnc(-c2ccccc2)o1)NCC1CCCO1. The van der Waals surface area contributed by atoms with Gasteiger partial charge in [-0.25, -0.2) is 0 Å². The van der Waals surface area contributed by atoms with Crippen molar-refractivity contribution >= 4 is 5.91 Å². The second-order valence-corrected chi connectivity index (χ2v) is 5.66. The van der Waals surface area contributed by atoms with Crippen LogP contribution in [0.15, 0.2) is 34.7 Å². The van der Waals surface area contributed by atoms with Crippen LogP contribution in [0.2, 0.25) is 0 Å². The summed E-state index contributed by atoms with van der Waals surface area (Å²) < 4.78 is 11.1. The van der Waals surface area contributed by atoms with Crippen molar-refractivity contribution in [2.45, 2.75) is 38.2 Å². The summed E-state index contributed by atoms with van der Waals surface area (Å²) in [5, 5.41) is 11.0. The zero-order valence-corrected chi connectivity index (χ0v) is 13.0. The molecule has 0 spiro atoms. The fourth-order valence-electron chi connectivity index (χ4n) is 2.57. The van der Waals surface area contributed by atoms with Crippen molar-refractivity contribution in [3.05, 3.63) is 36.2 Å². The van der Waals surface area contributed by atoms with Gasteiger partial charge in [-0.1, -0.05) is 18.2 Å². The Morgan fingerprint density at radius 2 is 2.13 bits per heavy atom. The topological polar surface area (TPSA) is 77.2 Å². The highest BCUT2D eigenvalue weighted by Gasteiger charge is 2.16. The number of carbonyl (C=O) groups excluding carboxylic acids is 1. The lowest BCUT2D eigenvalue weighted by molar-refractivity contribution is -0.121. The van der Waals surface area contributed by atoms with E-state index in [-0.39, 0.29) is 12.0 Å². The Hall–Kier alpha value is -2.21. The molecule has 0 radical (unpaired) electrons. The van der Waals surface area contributed by atoms with E-state index in [2.05, 4.69) is 15.5 Å². The number of hydrogen-bond acceptors (Lipinski definition) is 5. The number of nitrogens with zero attached hydrogens (tertiary/aromatic N) is 2. The molecule has 2 aromatic rings. The van der Waals surface area contributed by atoms with Gasteiger partial charge in [0.2, 0.25) is 17.7 Å². The minimum absolute atomic E-state index is 0.0447. The van der Waals surface area contributed by atoms with Crippen LogP contribution in [0.3, 0.4) is 0 Å². The standard InChI is InChI=1S/C17H21N3O3/c21-15(18-12-14-8-5-11-22-14)9-4-10-16-19-20-17(23-16)13-6-2-1-3-7-13/h1-3,6-7,14H,4-5,8-12H2,(H,18,21). The predicted molar refractivity (Wildman–Crippen MR) is 84.7 cm³/mol. The molecule has 6 nitrogen and oxygen atoms in total. The first kappa shape index (κ1) is 15.7. The molecule has 0 aliphatic carbocycles. The van der Waals surface area contributed by atoms with E-state index < -0.39 is 0 Å². The van der Waals surface area contributed by atoms with Crippen LogP contribution in [-0.2, 0) is 16.0 Å². The second kappa shape index (κ2) is 7.87. The van der Waals surface area contributed by atoms with E-state index in [1.165, 1.54) is 0 Å². The van der Waals surface area contributed by atoms with Gasteiger partial charge < -0.3 is 14.5 Å². The number of benzene rings is 1. The summed E-state index contributed by atoms with van der Waals surface area (Å²) in [4.78, 5) is 11.8. The summed E-state index contributed by atoms with van der Waals surface area (Å²) in [6.45, 7) is 1.42. The quantitative estimate of drug-likeness (QED) is 0.848. The van der Waals surface area contributed by atoms with Crippen LogP contribution >= 0.6 is 0 Å². The van der Waals surface area contributed by atoms with E-state index in [1.54, 1.807) is 0 Å². The minimum atomic E-state index is 0.0447.